The number of nitrogens with one attached hydrogen (secondary N) is 1. The normalized spacial score (nSPS) is 17.1. The standard InChI is InChI=1S/C23H31NO4S/c1-22(2,3)18-7-11-21(12-8-18)29(25,26)24-17-23(13-15-28-16-14-23)19-5-9-20(27-4)10-6-19/h5-12,24H,13-17H2,1-4H3. The van der Waals surface area contributed by atoms with Crippen molar-refractivity contribution >= 4 is 10.0 Å². The Morgan fingerprint density at radius 1 is 1.00 bits per heavy atom. The molecule has 0 saturated carbocycles. The Bertz CT molecular complexity index is 907. The molecule has 0 spiro atoms. The molecule has 2 aromatic rings. The maximum absolute atomic E-state index is 12.9. The van der Waals surface area contributed by atoms with Gasteiger partial charge in [0.15, 0.2) is 0 Å². The van der Waals surface area contributed by atoms with Gasteiger partial charge in [-0.3, -0.25) is 0 Å². The molecule has 0 unspecified atom stereocenters. The first-order chi connectivity index (χ1) is 13.7. The van der Waals surface area contributed by atoms with E-state index in [-0.39, 0.29) is 10.8 Å². The molecule has 0 bridgehead atoms. The average Bonchev–Trinajstić information content (AvgIpc) is 2.72. The first-order valence-electron chi connectivity index (χ1n) is 9.99. The van der Waals surface area contributed by atoms with Gasteiger partial charge in [0.05, 0.1) is 12.0 Å². The van der Waals surface area contributed by atoms with E-state index in [9.17, 15) is 8.42 Å². The molecule has 158 valence electrons. The topological polar surface area (TPSA) is 64.6 Å². The van der Waals surface area contributed by atoms with Crippen LogP contribution in [-0.4, -0.2) is 35.3 Å². The lowest BCUT2D eigenvalue weighted by atomic mass is 9.74. The highest BCUT2D eigenvalue weighted by Crippen LogP contribution is 2.35. The quantitative estimate of drug-likeness (QED) is 0.771. The van der Waals surface area contributed by atoms with Crippen molar-refractivity contribution in [2.45, 2.75) is 49.3 Å². The highest BCUT2D eigenvalue weighted by Gasteiger charge is 2.36. The summed E-state index contributed by atoms with van der Waals surface area (Å²) in [5, 5.41) is 0. The van der Waals surface area contributed by atoms with Crippen LogP contribution in [-0.2, 0) is 25.6 Å². The van der Waals surface area contributed by atoms with Crippen LogP contribution in [0.5, 0.6) is 5.75 Å². The van der Waals surface area contributed by atoms with Crippen molar-refractivity contribution in [1.82, 2.24) is 4.72 Å². The summed E-state index contributed by atoms with van der Waals surface area (Å²) < 4.78 is 39.6. The van der Waals surface area contributed by atoms with Gasteiger partial charge in [-0.05, 0) is 53.6 Å². The molecule has 2 aromatic carbocycles. The van der Waals surface area contributed by atoms with Crippen molar-refractivity contribution in [3.05, 3.63) is 59.7 Å². The molecule has 1 fully saturated rings. The molecule has 1 saturated heterocycles. The summed E-state index contributed by atoms with van der Waals surface area (Å²) in [5.41, 5.74) is 1.90. The van der Waals surface area contributed by atoms with Gasteiger partial charge in [-0.1, -0.05) is 45.0 Å². The van der Waals surface area contributed by atoms with Crippen LogP contribution < -0.4 is 9.46 Å². The number of benzene rings is 2. The summed E-state index contributed by atoms with van der Waals surface area (Å²) in [6.45, 7) is 7.91. The number of hydrogen-bond donors (Lipinski definition) is 1. The maximum Gasteiger partial charge on any atom is 0.240 e. The fourth-order valence-electron chi connectivity index (χ4n) is 3.72. The summed E-state index contributed by atoms with van der Waals surface area (Å²) >= 11 is 0. The van der Waals surface area contributed by atoms with E-state index < -0.39 is 10.0 Å². The molecule has 6 heteroatoms. The summed E-state index contributed by atoms with van der Waals surface area (Å²) in [6.07, 6.45) is 1.54. The van der Waals surface area contributed by atoms with Gasteiger partial charge in [-0.2, -0.15) is 0 Å². The van der Waals surface area contributed by atoms with E-state index in [1.165, 1.54) is 0 Å². The molecule has 0 aromatic heterocycles. The van der Waals surface area contributed by atoms with Gasteiger partial charge in [0, 0.05) is 25.2 Å². The first kappa shape index (κ1) is 21.8. The third kappa shape index (κ3) is 5.00. The summed E-state index contributed by atoms with van der Waals surface area (Å²) in [5.74, 6) is 0.787. The monoisotopic (exact) mass is 417 g/mol. The fourth-order valence-corrected chi connectivity index (χ4v) is 4.85. The Balaban J connectivity index is 1.81. The molecular weight excluding hydrogens is 386 g/mol. The largest absolute Gasteiger partial charge is 0.497 e. The Kier molecular flexibility index (Phi) is 6.36. The van der Waals surface area contributed by atoms with Gasteiger partial charge in [0.2, 0.25) is 10.0 Å². The maximum atomic E-state index is 12.9. The summed E-state index contributed by atoms with van der Waals surface area (Å²) in [7, 11) is -1.96. The second kappa shape index (κ2) is 8.46. The number of sulfonamides is 1. The molecule has 1 aliphatic rings. The van der Waals surface area contributed by atoms with E-state index in [1.807, 2.05) is 36.4 Å². The summed E-state index contributed by atoms with van der Waals surface area (Å²) in [6, 6.07) is 15.1. The van der Waals surface area contributed by atoms with Crippen molar-refractivity contribution in [1.29, 1.82) is 0 Å². The molecule has 0 radical (unpaired) electrons. The van der Waals surface area contributed by atoms with Crippen LogP contribution >= 0.6 is 0 Å². The van der Waals surface area contributed by atoms with Crippen LogP contribution in [0.25, 0.3) is 0 Å². The highest BCUT2D eigenvalue weighted by molar-refractivity contribution is 7.89. The van der Waals surface area contributed by atoms with Gasteiger partial charge in [0.1, 0.15) is 5.75 Å². The molecular formula is C23H31NO4S. The molecule has 0 atom stereocenters. The number of hydrogen-bond acceptors (Lipinski definition) is 4. The van der Waals surface area contributed by atoms with Crippen molar-refractivity contribution in [3.8, 4) is 5.75 Å². The molecule has 1 aliphatic heterocycles. The number of rotatable bonds is 6. The van der Waals surface area contributed by atoms with Gasteiger partial charge in [0.25, 0.3) is 0 Å². The minimum Gasteiger partial charge on any atom is -0.497 e. The van der Waals surface area contributed by atoms with Crippen LogP contribution in [0.15, 0.2) is 53.4 Å². The Morgan fingerprint density at radius 2 is 1.59 bits per heavy atom. The van der Waals surface area contributed by atoms with Crippen LogP contribution in [0.4, 0.5) is 0 Å². The Labute approximate surface area is 174 Å². The van der Waals surface area contributed by atoms with Crippen molar-refractivity contribution in [2.24, 2.45) is 0 Å². The second-order valence-corrected chi connectivity index (χ2v) is 10.5. The van der Waals surface area contributed by atoms with E-state index in [2.05, 4.69) is 25.5 Å². The van der Waals surface area contributed by atoms with Crippen LogP contribution in [0.2, 0.25) is 0 Å². The third-order valence-corrected chi connectivity index (χ3v) is 7.20. The molecule has 0 amide bonds. The highest BCUT2D eigenvalue weighted by atomic mass is 32.2. The zero-order valence-electron chi connectivity index (χ0n) is 17.7. The Hall–Kier alpha value is -1.89. The number of methoxy groups -OCH3 is 1. The molecule has 5 nitrogen and oxygen atoms in total. The minimum atomic E-state index is -3.60. The average molecular weight is 418 g/mol. The van der Waals surface area contributed by atoms with Gasteiger partial charge in [-0.25, -0.2) is 13.1 Å². The van der Waals surface area contributed by atoms with E-state index >= 15 is 0 Å². The lowest BCUT2D eigenvalue weighted by molar-refractivity contribution is 0.0517. The SMILES string of the molecule is COc1ccc(C2(CNS(=O)(=O)c3ccc(C(C)(C)C)cc3)CCOCC2)cc1. The van der Waals surface area contributed by atoms with E-state index in [1.54, 1.807) is 19.2 Å². The Morgan fingerprint density at radius 3 is 2.10 bits per heavy atom. The van der Waals surface area contributed by atoms with E-state index in [4.69, 9.17) is 9.47 Å². The van der Waals surface area contributed by atoms with Gasteiger partial charge >= 0.3 is 0 Å². The predicted octanol–water partition coefficient (Wildman–Crippen LogP) is 4.02. The molecule has 1 N–H and O–H groups in total. The second-order valence-electron chi connectivity index (χ2n) is 8.72. The van der Waals surface area contributed by atoms with E-state index in [0.29, 0.717) is 24.7 Å². The van der Waals surface area contributed by atoms with E-state index in [0.717, 1.165) is 29.7 Å². The van der Waals surface area contributed by atoms with Crippen LogP contribution in [0.3, 0.4) is 0 Å². The predicted molar refractivity (Wildman–Crippen MR) is 115 cm³/mol. The van der Waals surface area contributed by atoms with Gasteiger partial charge in [-0.15, -0.1) is 0 Å². The molecule has 1 heterocycles. The summed E-state index contributed by atoms with van der Waals surface area (Å²) in [4.78, 5) is 0.294. The van der Waals surface area contributed by atoms with Crippen molar-refractivity contribution in [2.75, 3.05) is 26.9 Å². The minimum absolute atomic E-state index is 0.0176. The zero-order valence-corrected chi connectivity index (χ0v) is 18.5. The molecule has 29 heavy (non-hydrogen) atoms. The fraction of sp³-hybridized carbons (Fsp3) is 0.478. The smallest absolute Gasteiger partial charge is 0.240 e. The first-order valence-corrected chi connectivity index (χ1v) is 11.5. The lowest BCUT2D eigenvalue weighted by Crippen LogP contribution is -2.44. The zero-order chi connectivity index (χ0) is 21.1. The number of ether oxygens (including phenoxy) is 2. The van der Waals surface area contributed by atoms with Gasteiger partial charge < -0.3 is 9.47 Å². The molecule has 0 aliphatic carbocycles. The van der Waals surface area contributed by atoms with Crippen molar-refractivity contribution in [3.63, 3.8) is 0 Å². The van der Waals surface area contributed by atoms with Crippen molar-refractivity contribution < 1.29 is 17.9 Å². The molecule has 3 rings (SSSR count). The third-order valence-electron chi connectivity index (χ3n) is 5.78. The van der Waals surface area contributed by atoms with Crippen LogP contribution in [0.1, 0.15) is 44.7 Å². The van der Waals surface area contributed by atoms with Crippen LogP contribution in [0, 0.1) is 0 Å². The lowest BCUT2D eigenvalue weighted by Gasteiger charge is -2.38.